The fourth-order valence-corrected chi connectivity index (χ4v) is 4.22. The molecule has 3 aromatic rings. The van der Waals surface area contributed by atoms with Gasteiger partial charge in [0.15, 0.2) is 0 Å². The van der Waals surface area contributed by atoms with Crippen molar-refractivity contribution in [2.75, 3.05) is 5.32 Å². The van der Waals surface area contributed by atoms with Crippen molar-refractivity contribution in [1.82, 2.24) is 5.48 Å². The molecule has 1 atom stereocenters. The fourth-order valence-electron chi connectivity index (χ4n) is 3.70. The summed E-state index contributed by atoms with van der Waals surface area (Å²) in [6.07, 6.45) is -3.88. The summed E-state index contributed by atoms with van der Waals surface area (Å²) in [6.45, 7) is 3.61. The number of aryl methyl sites for hydroxylation is 2. The summed E-state index contributed by atoms with van der Waals surface area (Å²) >= 11 is 11.9. The molecule has 0 fully saturated rings. The first-order valence-electron chi connectivity index (χ1n) is 10.2. The molecule has 176 valence electrons. The maximum atomic E-state index is 14.2. The van der Waals surface area contributed by atoms with Gasteiger partial charge >= 0.3 is 6.18 Å². The average Bonchev–Trinajstić information content (AvgIpc) is 3.22. The molecule has 0 saturated heterocycles. The molecule has 3 aromatic carbocycles. The minimum atomic E-state index is -4.82. The summed E-state index contributed by atoms with van der Waals surface area (Å²) in [5.41, 5.74) is 2.32. The highest BCUT2D eigenvalue weighted by atomic mass is 35.5. The van der Waals surface area contributed by atoms with E-state index in [2.05, 4.69) is 10.8 Å². The number of benzene rings is 3. The topological polar surface area (TPSA) is 50.4 Å². The minimum absolute atomic E-state index is 0.0492. The number of anilines is 1. The largest absolute Gasteiger partial charge is 0.428 e. The molecule has 2 N–H and O–H groups in total. The van der Waals surface area contributed by atoms with Crippen LogP contribution in [0.5, 0.6) is 0 Å². The van der Waals surface area contributed by atoms with E-state index in [1.165, 1.54) is 6.07 Å². The van der Waals surface area contributed by atoms with Crippen molar-refractivity contribution in [1.29, 1.82) is 0 Å². The Labute approximate surface area is 204 Å². The third-order valence-corrected chi connectivity index (χ3v) is 6.01. The molecule has 0 bridgehead atoms. The Morgan fingerprint density at radius 3 is 2.29 bits per heavy atom. The maximum absolute atomic E-state index is 14.2. The number of rotatable bonds is 4. The van der Waals surface area contributed by atoms with Crippen molar-refractivity contribution in [3.63, 3.8) is 0 Å². The highest BCUT2D eigenvalue weighted by molar-refractivity contribution is 6.34. The van der Waals surface area contributed by atoms with E-state index in [-0.39, 0.29) is 27.2 Å². The number of halogens is 5. The Hall–Kier alpha value is -3.00. The second-order valence-corrected chi connectivity index (χ2v) is 8.83. The zero-order valence-corrected chi connectivity index (χ0v) is 19.6. The van der Waals surface area contributed by atoms with E-state index < -0.39 is 11.8 Å². The highest BCUT2D eigenvalue weighted by Crippen LogP contribution is 2.48. The van der Waals surface area contributed by atoms with E-state index in [9.17, 15) is 18.0 Å². The number of carbonyl (C=O) groups excluding carboxylic acids is 1. The zero-order chi connectivity index (χ0) is 24.7. The van der Waals surface area contributed by atoms with E-state index >= 15 is 0 Å². The van der Waals surface area contributed by atoms with Crippen LogP contribution in [-0.4, -0.2) is 12.1 Å². The van der Waals surface area contributed by atoms with E-state index in [0.717, 1.165) is 29.3 Å². The summed E-state index contributed by atoms with van der Waals surface area (Å²) in [5.74, 6) is -0.318. The van der Waals surface area contributed by atoms with Crippen LogP contribution >= 0.6 is 23.2 Å². The molecule has 1 aliphatic heterocycles. The number of nitrogens with one attached hydrogen (secondary N) is 2. The van der Waals surface area contributed by atoms with Crippen LogP contribution in [0.3, 0.4) is 0 Å². The lowest BCUT2D eigenvalue weighted by Crippen LogP contribution is -2.42. The fraction of sp³-hybridized carbons (Fsp3) is 0.160. The van der Waals surface area contributed by atoms with Gasteiger partial charge in [-0.15, -0.1) is 0 Å². The third-order valence-electron chi connectivity index (χ3n) is 5.57. The van der Waals surface area contributed by atoms with Gasteiger partial charge in [0.05, 0.1) is 5.70 Å². The average molecular weight is 507 g/mol. The standard InChI is InChI=1S/C25H19Cl2F3N2O2/c1-14-5-3-4-6-20(14)23(33)31-21-9-16(8-7-15(21)2)22-13-24(34-32-22,25(28,29)30)17-10-18(26)12-19(27)11-17/h3-13,32H,1-2H3,(H,31,33). The van der Waals surface area contributed by atoms with Crippen LogP contribution in [-0.2, 0) is 10.4 Å². The first-order chi connectivity index (χ1) is 16.0. The van der Waals surface area contributed by atoms with Crippen molar-refractivity contribution in [3.8, 4) is 0 Å². The van der Waals surface area contributed by atoms with Crippen LogP contribution in [0.2, 0.25) is 10.0 Å². The number of amides is 1. The van der Waals surface area contributed by atoms with E-state index in [4.69, 9.17) is 28.0 Å². The van der Waals surface area contributed by atoms with Gasteiger partial charge in [0.2, 0.25) is 5.60 Å². The summed E-state index contributed by atoms with van der Waals surface area (Å²) < 4.78 is 42.7. The predicted molar refractivity (Wildman–Crippen MR) is 127 cm³/mol. The number of alkyl halides is 3. The molecule has 4 nitrogen and oxygen atoms in total. The Kier molecular flexibility index (Phi) is 6.38. The summed E-state index contributed by atoms with van der Waals surface area (Å²) in [4.78, 5) is 17.9. The SMILES string of the molecule is Cc1ccc(C2=CC(c3cc(Cl)cc(Cl)c3)(C(F)(F)F)ON2)cc1NC(=O)c1ccccc1C. The van der Waals surface area contributed by atoms with Crippen LogP contribution in [0.1, 0.15) is 32.6 Å². The first kappa shape index (κ1) is 24.1. The number of hydroxylamine groups is 1. The molecule has 4 rings (SSSR count). The minimum Gasteiger partial charge on any atom is -0.322 e. The molecule has 0 spiro atoms. The Bertz CT molecular complexity index is 1290. The van der Waals surface area contributed by atoms with Crippen molar-refractivity contribution < 1.29 is 22.8 Å². The molecular weight excluding hydrogens is 488 g/mol. The van der Waals surface area contributed by atoms with Gasteiger partial charge in [-0.25, -0.2) is 0 Å². The van der Waals surface area contributed by atoms with Gasteiger partial charge in [0, 0.05) is 32.4 Å². The summed E-state index contributed by atoms with van der Waals surface area (Å²) in [6, 6.07) is 15.7. The third kappa shape index (κ3) is 4.51. The van der Waals surface area contributed by atoms with Crippen LogP contribution in [0, 0.1) is 13.8 Å². The molecule has 0 radical (unpaired) electrons. The highest BCUT2D eigenvalue weighted by Gasteiger charge is 2.59. The molecule has 9 heteroatoms. The zero-order valence-electron chi connectivity index (χ0n) is 18.1. The normalized spacial score (nSPS) is 17.8. The Morgan fingerprint density at radius 2 is 1.65 bits per heavy atom. The van der Waals surface area contributed by atoms with Crippen molar-refractivity contribution >= 4 is 40.5 Å². The predicted octanol–water partition coefficient (Wildman–Crippen LogP) is 7.20. The van der Waals surface area contributed by atoms with Crippen LogP contribution in [0.25, 0.3) is 5.70 Å². The maximum Gasteiger partial charge on any atom is 0.428 e. The van der Waals surface area contributed by atoms with E-state index in [1.807, 2.05) is 19.1 Å². The molecule has 0 saturated carbocycles. The monoisotopic (exact) mass is 506 g/mol. The van der Waals surface area contributed by atoms with E-state index in [0.29, 0.717) is 16.8 Å². The second-order valence-electron chi connectivity index (χ2n) is 7.95. The Balaban J connectivity index is 1.72. The van der Waals surface area contributed by atoms with Gasteiger partial charge in [-0.05, 0) is 61.4 Å². The lowest BCUT2D eigenvalue weighted by Gasteiger charge is -2.28. The van der Waals surface area contributed by atoms with Crippen molar-refractivity contribution in [2.24, 2.45) is 0 Å². The lowest BCUT2D eigenvalue weighted by atomic mass is 9.91. The number of carbonyl (C=O) groups is 1. The Morgan fingerprint density at radius 1 is 0.971 bits per heavy atom. The molecule has 0 aliphatic carbocycles. The number of hydrogen-bond donors (Lipinski definition) is 2. The van der Waals surface area contributed by atoms with E-state index in [1.54, 1.807) is 37.3 Å². The lowest BCUT2D eigenvalue weighted by molar-refractivity contribution is -0.269. The smallest absolute Gasteiger partial charge is 0.322 e. The molecule has 34 heavy (non-hydrogen) atoms. The molecular formula is C25H19Cl2F3N2O2. The first-order valence-corrected chi connectivity index (χ1v) is 10.9. The van der Waals surface area contributed by atoms with Crippen LogP contribution < -0.4 is 10.8 Å². The summed E-state index contributed by atoms with van der Waals surface area (Å²) in [7, 11) is 0. The van der Waals surface area contributed by atoms with Gasteiger partial charge in [-0.3, -0.25) is 15.1 Å². The quantitative estimate of drug-likeness (QED) is 0.393. The number of hydrogen-bond acceptors (Lipinski definition) is 3. The molecule has 1 heterocycles. The van der Waals surface area contributed by atoms with Gasteiger partial charge < -0.3 is 5.32 Å². The second kappa shape index (κ2) is 8.98. The van der Waals surface area contributed by atoms with Gasteiger partial charge in [0.1, 0.15) is 0 Å². The van der Waals surface area contributed by atoms with Crippen molar-refractivity contribution in [2.45, 2.75) is 25.6 Å². The summed E-state index contributed by atoms with van der Waals surface area (Å²) in [5, 5.41) is 2.94. The molecule has 1 unspecified atom stereocenters. The van der Waals surface area contributed by atoms with Gasteiger partial charge in [0.25, 0.3) is 5.91 Å². The van der Waals surface area contributed by atoms with Gasteiger partial charge in [-0.2, -0.15) is 13.2 Å². The molecule has 0 aromatic heterocycles. The van der Waals surface area contributed by atoms with Crippen molar-refractivity contribution in [3.05, 3.63) is 105 Å². The molecule has 1 aliphatic rings. The van der Waals surface area contributed by atoms with Gasteiger partial charge in [-0.1, -0.05) is 53.5 Å². The molecule has 1 amide bonds. The van der Waals surface area contributed by atoms with Crippen LogP contribution in [0.4, 0.5) is 18.9 Å². The van der Waals surface area contributed by atoms with Crippen LogP contribution in [0.15, 0.2) is 66.7 Å².